The van der Waals surface area contributed by atoms with Crippen LogP contribution >= 0.6 is 0 Å². The summed E-state index contributed by atoms with van der Waals surface area (Å²) in [5.41, 5.74) is 2.40. The molecule has 0 saturated carbocycles. The van der Waals surface area contributed by atoms with Crippen LogP contribution in [0.25, 0.3) is 11.3 Å². The first-order chi connectivity index (χ1) is 6.86. The summed E-state index contributed by atoms with van der Waals surface area (Å²) in [6.07, 6.45) is 1.69. The molecular formula is C13H16O. The molecule has 0 radical (unpaired) electrons. The molecule has 0 saturated heterocycles. The van der Waals surface area contributed by atoms with Gasteiger partial charge in [0.25, 0.3) is 0 Å². The summed E-state index contributed by atoms with van der Waals surface area (Å²) in [4.78, 5) is 0. The Labute approximate surface area is 85.4 Å². The van der Waals surface area contributed by atoms with E-state index in [0.29, 0.717) is 0 Å². The maximum Gasteiger partial charge on any atom is 0.133 e. The number of furan rings is 1. The maximum absolute atomic E-state index is 5.26. The minimum atomic E-state index is 0.926. The lowest BCUT2D eigenvalue weighted by molar-refractivity contribution is 0.582. The minimum absolute atomic E-state index is 0.926. The van der Waals surface area contributed by atoms with E-state index in [9.17, 15) is 0 Å². The van der Waals surface area contributed by atoms with Crippen LogP contribution in [0, 0.1) is 6.92 Å². The summed E-state index contributed by atoms with van der Waals surface area (Å²) in [5, 5.41) is 0. The third-order valence-corrected chi connectivity index (χ3v) is 1.86. The molecule has 0 N–H and O–H groups in total. The van der Waals surface area contributed by atoms with Crippen LogP contribution in [-0.2, 0) is 0 Å². The van der Waals surface area contributed by atoms with Gasteiger partial charge in [-0.2, -0.15) is 0 Å². The largest absolute Gasteiger partial charge is 0.464 e. The van der Waals surface area contributed by atoms with Crippen molar-refractivity contribution >= 4 is 0 Å². The van der Waals surface area contributed by atoms with Crippen LogP contribution in [-0.4, -0.2) is 0 Å². The Morgan fingerprint density at radius 2 is 1.57 bits per heavy atom. The molecule has 74 valence electrons. The molecule has 0 aliphatic carbocycles. The second-order valence-electron chi connectivity index (χ2n) is 2.84. The third kappa shape index (κ3) is 2.49. The molecule has 0 unspecified atom stereocenters. The first-order valence-electron chi connectivity index (χ1n) is 4.97. The number of rotatable bonds is 1. The second kappa shape index (κ2) is 5.28. The van der Waals surface area contributed by atoms with Crippen LogP contribution in [0.1, 0.15) is 19.4 Å². The molecule has 2 aromatic rings. The molecule has 0 spiro atoms. The Kier molecular flexibility index (Phi) is 3.99. The SMILES string of the molecule is CC.Cc1ccc(-c2ccco2)cc1. The molecule has 0 amide bonds. The van der Waals surface area contributed by atoms with Crippen molar-refractivity contribution in [1.82, 2.24) is 0 Å². The summed E-state index contributed by atoms with van der Waals surface area (Å²) in [6, 6.07) is 12.2. The fourth-order valence-corrected chi connectivity index (χ4v) is 1.16. The fourth-order valence-electron chi connectivity index (χ4n) is 1.16. The number of benzene rings is 1. The highest BCUT2D eigenvalue weighted by Gasteiger charge is 1.97. The highest BCUT2D eigenvalue weighted by Crippen LogP contribution is 2.19. The molecule has 2 rings (SSSR count). The van der Waals surface area contributed by atoms with Crippen molar-refractivity contribution in [1.29, 1.82) is 0 Å². The van der Waals surface area contributed by atoms with Crippen molar-refractivity contribution < 1.29 is 4.42 Å². The Morgan fingerprint density at radius 1 is 0.929 bits per heavy atom. The lowest BCUT2D eigenvalue weighted by Gasteiger charge is -1.96. The lowest BCUT2D eigenvalue weighted by Crippen LogP contribution is -1.73. The molecule has 0 atom stereocenters. The van der Waals surface area contributed by atoms with Gasteiger partial charge in [-0.05, 0) is 19.1 Å². The van der Waals surface area contributed by atoms with Crippen LogP contribution in [0.15, 0.2) is 47.1 Å². The molecule has 1 nitrogen and oxygen atoms in total. The van der Waals surface area contributed by atoms with E-state index in [1.807, 2.05) is 26.0 Å². The Balaban J connectivity index is 0.000000461. The van der Waals surface area contributed by atoms with Crippen molar-refractivity contribution in [2.24, 2.45) is 0 Å². The number of aryl methyl sites for hydroxylation is 1. The van der Waals surface area contributed by atoms with Crippen molar-refractivity contribution in [2.75, 3.05) is 0 Å². The van der Waals surface area contributed by atoms with Gasteiger partial charge in [0.2, 0.25) is 0 Å². The summed E-state index contributed by atoms with van der Waals surface area (Å²) >= 11 is 0. The summed E-state index contributed by atoms with van der Waals surface area (Å²) in [7, 11) is 0. The molecule has 1 heterocycles. The van der Waals surface area contributed by atoms with Gasteiger partial charge in [0.15, 0.2) is 0 Å². The van der Waals surface area contributed by atoms with Crippen LogP contribution in [0.4, 0.5) is 0 Å². The van der Waals surface area contributed by atoms with E-state index >= 15 is 0 Å². The van der Waals surface area contributed by atoms with E-state index in [0.717, 1.165) is 11.3 Å². The molecular weight excluding hydrogens is 172 g/mol. The smallest absolute Gasteiger partial charge is 0.133 e. The first kappa shape index (κ1) is 10.6. The van der Waals surface area contributed by atoms with E-state index in [1.165, 1.54) is 5.56 Å². The molecule has 1 aromatic heterocycles. The number of hydrogen-bond donors (Lipinski definition) is 0. The monoisotopic (exact) mass is 188 g/mol. The van der Waals surface area contributed by atoms with Gasteiger partial charge in [-0.3, -0.25) is 0 Å². The van der Waals surface area contributed by atoms with Crippen molar-refractivity contribution in [3.05, 3.63) is 48.2 Å². The van der Waals surface area contributed by atoms with Crippen LogP contribution < -0.4 is 0 Å². The Hall–Kier alpha value is -1.50. The normalized spacial score (nSPS) is 9.07. The first-order valence-corrected chi connectivity index (χ1v) is 4.97. The van der Waals surface area contributed by atoms with Gasteiger partial charge in [0.05, 0.1) is 6.26 Å². The quantitative estimate of drug-likeness (QED) is 0.651. The van der Waals surface area contributed by atoms with E-state index < -0.39 is 0 Å². The molecule has 1 heteroatoms. The molecule has 14 heavy (non-hydrogen) atoms. The molecule has 0 aliphatic rings. The zero-order chi connectivity index (χ0) is 10.4. The highest BCUT2D eigenvalue weighted by molar-refractivity contribution is 5.57. The zero-order valence-electron chi connectivity index (χ0n) is 8.95. The van der Waals surface area contributed by atoms with E-state index in [1.54, 1.807) is 6.26 Å². The average molecular weight is 188 g/mol. The van der Waals surface area contributed by atoms with Gasteiger partial charge in [0.1, 0.15) is 5.76 Å². The van der Waals surface area contributed by atoms with Gasteiger partial charge >= 0.3 is 0 Å². The minimum Gasteiger partial charge on any atom is -0.464 e. The number of hydrogen-bond acceptors (Lipinski definition) is 1. The predicted octanol–water partition coefficient (Wildman–Crippen LogP) is 4.28. The van der Waals surface area contributed by atoms with Gasteiger partial charge in [0, 0.05) is 5.56 Å². The highest BCUT2D eigenvalue weighted by atomic mass is 16.3. The molecule has 1 aromatic carbocycles. The lowest BCUT2D eigenvalue weighted by atomic mass is 10.1. The summed E-state index contributed by atoms with van der Waals surface area (Å²) < 4.78 is 5.26. The molecule has 0 fully saturated rings. The fraction of sp³-hybridized carbons (Fsp3) is 0.231. The zero-order valence-corrected chi connectivity index (χ0v) is 8.95. The Bertz CT molecular complexity index is 343. The van der Waals surface area contributed by atoms with E-state index in [2.05, 4.69) is 31.2 Å². The van der Waals surface area contributed by atoms with Gasteiger partial charge in [-0.15, -0.1) is 0 Å². The van der Waals surface area contributed by atoms with Crippen molar-refractivity contribution in [3.8, 4) is 11.3 Å². The van der Waals surface area contributed by atoms with Gasteiger partial charge in [-0.1, -0.05) is 43.7 Å². The van der Waals surface area contributed by atoms with Crippen molar-refractivity contribution in [3.63, 3.8) is 0 Å². The van der Waals surface area contributed by atoms with Crippen LogP contribution in [0.3, 0.4) is 0 Å². The summed E-state index contributed by atoms with van der Waals surface area (Å²) in [6.45, 7) is 6.08. The maximum atomic E-state index is 5.26. The predicted molar refractivity (Wildman–Crippen MR) is 60.2 cm³/mol. The standard InChI is InChI=1S/C11H10O.C2H6/c1-9-4-6-10(7-5-9)11-3-2-8-12-11;1-2/h2-8H,1H3;1-2H3. The van der Waals surface area contributed by atoms with E-state index in [-0.39, 0.29) is 0 Å². The van der Waals surface area contributed by atoms with Gasteiger partial charge in [-0.25, -0.2) is 0 Å². The second-order valence-corrected chi connectivity index (χ2v) is 2.84. The Morgan fingerprint density at radius 3 is 2.07 bits per heavy atom. The van der Waals surface area contributed by atoms with Crippen LogP contribution in [0.5, 0.6) is 0 Å². The molecule has 0 aliphatic heterocycles. The topological polar surface area (TPSA) is 13.1 Å². The third-order valence-electron chi connectivity index (χ3n) is 1.86. The van der Waals surface area contributed by atoms with E-state index in [4.69, 9.17) is 4.42 Å². The summed E-state index contributed by atoms with van der Waals surface area (Å²) in [5.74, 6) is 0.926. The molecule has 0 bridgehead atoms. The van der Waals surface area contributed by atoms with Gasteiger partial charge < -0.3 is 4.42 Å². The van der Waals surface area contributed by atoms with Crippen LogP contribution in [0.2, 0.25) is 0 Å². The average Bonchev–Trinajstić information content (AvgIpc) is 2.75. The van der Waals surface area contributed by atoms with Crippen molar-refractivity contribution in [2.45, 2.75) is 20.8 Å².